The van der Waals surface area contributed by atoms with Crippen LogP contribution in [0.5, 0.6) is 0 Å². The van der Waals surface area contributed by atoms with E-state index in [-0.39, 0.29) is 28.9 Å². The molecule has 11 nitrogen and oxygen atoms in total. The van der Waals surface area contributed by atoms with E-state index in [2.05, 4.69) is 30.6 Å². The van der Waals surface area contributed by atoms with E-state index in [1.165, 1.54) is 19.3 Å². The second kappa shape index (κ2) is 11.2. The van der Waals surface area contributed by atoms with Crippen molar-refractivity contribution >= 4 is 34.9 Å². The Balaban J connectivity index is 1.24. The molecule has 2 amide bonds. The molecule has 15 heteroatoms. The van der Waals surface area contributed by atoms with Gasteiger partial charge in [-0.25, -0.2) is 18.2 Å². The first-order valence-electron chi connectivity index (χ1n) is 13.8. The molecule has 2 N–H and O–H groups in total. The fourth-order valence-electron chi connectivity index (χ4n) is 5.38. The summed E-state index contributed by atoms with van der Waals surface area (Å²) in [5.74, 6) is -0.843. The highest BCUT2D eigenvalue weighted by Gasteiger charge is 2.53. The van der Waals surface area contributed by atoms with Gasteiger partial charge in [0.1, 0.15) is 0 Å². The number of aromatic nitrogens is 6. The summed E-state index contributed by atoms with van der Waals surface area (Å²) in [6, 6.07) is 3.41. The number of carbonyl (C=O) groups excluding carboxylic acids is 2. The van der Waals surface area contributed by atoms with Gasteiger partial charge in [-0.1, -0.05) is 17.7 Å². The maximum absolute atomic E-state index is 14.9. The second-order valence-corrected chi connectivity index (χ2v) is 11.4. The third-order valence-electron chi connectivity index (χ3n) is 7.87. The van der Waals surface area contributed by atoms with Gasteiger partial charge in [0, 0.05) is 29.8 Å². The third kappa shape index (κ3) is 5.28. The molecule has 0 radical (unpaired) electrons. The van der Waals surface area contributed by atoms with Crippen molar-refractivity contribution in [1.29, 1.82) is 0 Å². The zero-order valence-electron chi connectivity index (χ0n) is 23.7. The van der Waals surface area contributed by atoms with Crippen molar-refractivity contribution in [1.82, 2.24) is 29.9 Å². The van der Waals surface area contributed by atoms with Gasteiger partial charge < -0.3 is 10.4 Å². The van der Waals surface area contributed by atoms with Crippen LogP contribution in [0.3, 0.4) is 0 Å². The zero-order valence-corrected chi connectivity index (χ0v) is 24.4. The first kappa shape index (κ1) is 29.6. The number of alkyl halides is 2. The van der Waals surface area contributed by atoms with Gasteiger partial charge in [0.15, 0.2) is 17.3 Å². The van der Waals surface area contributed by atoms with Gasteiger partial charge in [0.05, 0.1) is 52.3 Å². The average Bonchev–Trinajstić information content (AvgIpc) is 3.49. The number of aliphatic hydroxyl groups excluding tert-OH is 1. The highest BCUT2D eigenvalue weighted by atomic mass is 35.5. The number of anilines is 2. The van der Waals surface area contributed by atoms with Crippen LogP contribution in [-0.4, -0.2) is 53.4 Å². The summed E-state index contributed by atoms with van der Waals surface area (Å²) in [4.78, 5) is 35.6. The van der Waals surface area contributed by atoms with Crippen LogP contribution in [0.2, 0.25) is 5.02 Å². The fourth-order valence-corrected chi connectivity index (χ4v) is 5.53. The molecule has 44 heavy (non-hydrogen) atoms. The summed E-state index contributed by atoms with van der Waals surface area (Å²) in [5, 5.41) is 25.4. The summed E-state index contributed by atoms with van der Waals surface area (Å²) in [5.41, 5.74) is -0.550. The molecule has 1 aromatic carbocycles. The van der Waals surface area contributed by atoms with Gasteiger partial charge in [0.25, 0.3) is 12.3 Å². The summed E-state index contributed by atoms with van der Waals surface area (Å²) >= 11 is 5.84. The minimum atomic E-state index is -3.06. The van der Waals surface area contributed by atoms with Gasteiger partial charge in [-0.3, -0.25) is 24.2 Å². The summed E-state index contributed by atoms with van der Waals surface area (Å²) < 4.78 is 43.9. The largest absolute Gasteiger partial charge is 0.387 e. The van der Waals surface area contributed by atoms with E-state index >= 15 is 0 Å². The number of nitrogens with zero attached hydrogens (tertiary/aromatic N) is 7. The first-order chi connectivity index (χ1) is 20.9. The van der Waals surface area contributed by atoms with Gasteiger partial charge in [-0.2, -0.15) is 10.2 Å². The van der Waals surface area contributed by atoms with Crippen LogP contribution >= 0.6 is 11.6 Å². The normalized spacial score (nSPS) is 18.8. The number of carbonyl (C=O) groups is 2. The van der Waals surface area contributed by atoms with Crippen LogP contribution in [0.25, 0.3) is 11.3 Å². The minimum Gasteiger partial charge on any atom is -0.387 e. The average molecular weight is 627 g/mol. The molecule has 1 saturated heterocycles. The molecule has 2 aliphatic rings. The standard InChI is InChI=1S/C29H26ClF3N8O3/c1-12-6-20(38-39-27(12)40-10-15-7-18(15)29(40)44)13(2)41-11-16(8-35-41)36-28(43)25-24(14(3)42)34-9-21(37-25)22-17(26(32)33)4-5-19(30)23(22)31/h4-6,8-9,11,13-15,18,26,42H,7,10H2,1-3H3,(H,36,43)/t13?,14?,15-,18-/m1/s1. The number of aliphatic hydroxyl groups is 1. The summed E-state index contributed by atoms with van der Waals surface area (Å²) in [6.45, 7) is 5.70. The topological polar surface area (TPSA) is 139 Å². The lowest BCUT2D eigenvalue weighted by atomic mass is 10.0. The van der Waals surface area contributed by atoms with E-state index in [0.29, 0.717) is 24.0 Å². The number of hydrogen-bond acceptors (Lipinski definition) is 8. The van der Waals surface area contributed by atoms with Crippen molar-refractivity contribution < 1.29 is 27.9 Å². The number of rotatable bonds is 8. The smallest absolute Gasteiger partial charge is 0.276 e. The molecule has 0 spiro atoms. The fraction of sp³-hybridized carbons (Fsp3) is 0.345. The van der Waals surface area contributed by atoms with Crippen LogP contribution in [0, 0.1) is 24.6 Å². The predicted octanol–water partition coefficient (Wildman–Crippen LogP) is 5.07. The number of nitrogens with one attached hydrogen (secondary N) is 1. The van der Waals surface area contributed by atoms with Gasteiger partial charge in [0.2, 0.25) is 5.91 Å². The molecule has 0 bridgehead atoms. The molecule has 1 aliphatic carbocycles. The monoisotopic (exact) mass is 626 g/mol. The molecule has 1 aliphatic heterocycles. The Labute approximate surface area is 254 Å². The van der Waals surface area contributed by atoms with Gasteiger partial charge >= 0.3 is 0 Å². The molecule has 4 atom stereocenters. The molecule has 1 saturated carbocycles. The Kier molecular flexibility index (Phi) is 7.58. The molecule has 228 valence electrons. The van der Waals surface area contributed by atoms with Crippen molar-refractivity contribution in [2.24, 2.45) is 11.8 Å². The number of piperidine rings is 1. The Morgan fingerprint density at radius 1 is 1.20 bits per heavy atom. The van der Waals surface area contributed by atoms with Crippen molar-refractivity contribution in [2.75, 3.05) is 16.8 Å². The SMILES string of the molecule is Cc1cc(C(C)n2cc(NC(=O)c3nc(-c4c(C(F)F)ccc(Cl)c4F)cnc3C(C)O)cn2)nnc1N1C[C@H]2C[C@H]2C1=O. The van der Waals surface area contributed by atoms with Crippen molar-refractivity contribution in [3.8, 4) is 11.3 Å². The molecule has 4 aromatic rings. The third-order valence-corrected chi connectivity index (χ3v) is 8.16. The van der Waals surface area contributed by atoms with Crippen LogP contribution in [0.15, 0.2) is 36.8 Å². The molecular formula is C29H26ClF3N8O3. The predicted molar refractivity (Wildman–Crippen MR) is 153 cm³/mol. The number of fused-ring (bicyclic) bond motifs is 1. The van der Waals surface area contributed by atoms with Gasteiger partial charge in [-0.15, -0.1) is 5.10 Å². The molecule has 4 heterocycles. The van der Waals surface area contributed by atoms with E-state index in [0.717, 1.165) is 30.3 Å². The van der Waals surface area contributed by atoms with E-state index in [1.54, 1.807) is 9.58 Å². The van der Waals surface area contributed by atoms with Crippen molar-refractivity contribution in [3.05, 3.63) is 75.8 Å². The quantitative estimate of drug-likeness (QED) is 0.277. The molecule has 2 fully saturated rings. The maximum atomic E-state index is 14.9. The Morgan fingerprint density at radius 3 is 2.64 bits per heavy atom. The lowest BCUT2D eigenvalue weighted by Gasteiger charge is -2.20. The van der Waals surface area contributed by atoms with Crippen molar-refractivity contribution in [3.63, 3.8) is 0 Å². The number of hydrogen-bond donors (Lipinski definition) is 2. The van der Waals surface area contributed by atoms with E-state index in [4.69, 9.17) is 11.6 Å². The summed E-state index contributed by atoms with van der Waals surface area (Å²) in [6.07, 6.45) is 0.533. The van der Waals surface area contributed by atoms with Crippen LogP contribution in [-0.2, 0) is 4.79 Å². The van der Waals surface area contributed by atoms with E-state index < -0.39 is 52.1 Å². The Morgan fingerprint density at radius 2 is 1.98 bits per heavy atom. The first-order valence-corrected chi connectivity index (χ1v) is 14.1. The van der Waals surface area contributed by atoms with Crippen LogP contribution < -0.4 is 10.2 Å². The highest BCUT2D eigenvalue weighted by molar-refractivity contribution is 6.31. The lowest BCUT2D eigenvalue weighted by molar-refractivity contribution is -0.118. The number of benzene rings is 1. The lowest BCUT2D eigenvalue weighted by Crippen LogP contribution is -2.30. The molecule has 3 aromatic heterocycles. The number of halogens is 4. The Bertz CT molecular complexity index is 1800. The van der Waals surface area contributed by atoms with E-state index in [1.807, 2.05) is 19.9 Å². The number of aryl methyl sites for hydroxylation is 1. The second-order valence-electron chi connectivity index (χ2n) is 11.0. The highest BCUT2D eigenvalue weighted by Crippen LogP contribution is 2.47. The molecule has 2 unspecified atom stereocenters. The summed E-state index contributed by atoms with van der Waals surface area (Å²) in [7, 11) is 0. The zero-order chi connectivity index (χ0) is 31.4. The maximum Gasteiger partial charge on any atom is 0.276 e. The Hall–Kier alpha value is -4.43. The molecule has 6 rings (SSSR count). The van der Waals surface area contributed by atoms with Gasteiger partial charge in [-0.05, 0) is 50.8 Å². The van der Waals surface area contributed by atoms with Crippen molar-refractivity contribution in [2.45, 2.75) is 45.8 Å². The molecular weight excluding hydrogens is 601 g/mol. The van der Waals surface area contributed by atoms with E-state index in [9.17, 15) is 27.9 Å². The number of amides is 2. The van der Waals surface area contributed by atoms with Crippen LogP contribution in [0.4, 0.5) is 24.7 Å². The van der Waals surface area contributed by atoms with Crippen LogP contribution in [0.1, 0.15) is 71.8 Å². The minimum absolute atomic E-state index is 0.0850.